The second kappa shape index (κ2) is 8.76. The molecule has 23 heavy (non-hydrogen) atoms. The average molecular weight is 341 g/mol. The molecule has 1 aliphatic rings. The molecule has 2 N–H and O–H groups in total. The highest BCUT2D eigenvalue weighted by Crippen LogP contribution is 2.17. The normalized spacial score (nSPS) is 16.3. The Kier molecular flexibility index (Phi) is 6.70. The number of rotatable bonds is 5. The number of halogens is 2. The summed E-state index contributed by atoms with van der Waals surface area (Å²) in [6.07, 6.45) is 6.03. The Bertz CT molecular complexity index is 543. The first-order valence-electron chi connectivity index (χ1n) is 7.70. The minimum atomic E-state index is -2.82. The van der Waals surface area contributed by atoms with Crippen molar-refractivity contribution in [2.75, 3.05) is 0 Å². The maximum atomic E-state index is 12.1. The van der Waals surface area contributed by atoms with Gasteiger partial charge in [-0.15, -0.1) is 0 Å². The third-order valence-corrected chi connectivity index (χ3v) is 3.97. The van der Waals surface area contributed by atoms with E-state index in [1.807, 2.05) is 6.92 Å². The zero-order valence-corrected chi connectivity index (χ0v) is 13.8. The van der Waals surface area contributed by atoms with Gasteiger partial charge in [0.1, 0.15) is 5.75 Å². The molecule has 0 aromatic heterocycles. The second-order valence-electron chi connectivity index (χ2n) is 5.52. The molecule has 126 valence electrons. The Balaban J connectivity index is 1.84. The van der Waals surface area contributed by atoms with Crippen molar-refractivity contribution in [2.24, 2.45) is 5.10 Å². The molecule has 0 bridgehead atoms. The summed E-state index contributed by atoms with van der Waals surface area (Å²) in [5, 5.41) is 8.00. The predicted molar refractivity (Wildman–Crippen MR) is 91.0 cm³/mol. The molecule has 1 aromatic carbocycles. The second-order valence-corrected chi connectivity index (χ2v) is 5.93. The lowest BCUT2D eigenvalue weighted by atomic mass is 9.96. The van der Waals surface area contributed by atoms with E-state index in [0.29, 0.717) is 16.9 Å². The van der Waals surface area contributed by atoms with E-state index in [4.69, 9.17) is 12.2 Å². The van der Waals surface area contributed by atoms with E-state index in [9.17, 15) is 8.78 Å². The number of hydrogen-bond donors (Lipinski definition) is 2. The summed E-state index contributed by atoms with van der Waals surface area (Å²) in [7, 11) is 0. The molecule has 0 radical (unpaired) electrons. The molecular weight excluding hydrogens is 320 g/mol. The first-order valence-corrected chi connectivity index (χ1v) is 8.11. The fourth-order valence-corrected chi connectivity index (χ4v) is 2.75. The van der Waals surface area contributed by atoms with Gasteiger partial charge in [-0.2, -0.15) is 13.9 Å². The summed E-state index contributed by atoms with van der Waals surface area (Å²) in [6, 6.07) is 6.74. The van der Waals surface area contributed by atoms with E-state index in [0.717, 1.165) is 18.4 Å². The van der Waals surface area contributed by atoms with Crippen molar-refractivity contribution in [3.63, 3.8) is 0 Å². The monoisotopic (exact) mass is 341 g/mol. The van der Waals surface area contributed by atoms with Crippen LogP contribution in [-0.2, 0) is 0 Å². The van der Waals surface area contributed by atoms with Crippen LogP contribution in [0.25, 0.3) is 0 Å². The standard InChI is InChI=1S/C16H21F2N3OS/c1-11(12-7-9-14(10-8-12)22-15(17)18)20-21-16(23)19-13-5-3-2-4-6-13/h7-10,13,15H,2-6H2,1H3,(H2,19,21,23)/b20-11+. The van der Waals surface area contributed by atoms with Gasteiger partial charge in [0.25, 0.3) is 0 Å². The van der Waals surface area contributed by atoms with E-state index in [-0.39, 0.29) is 5.75 Å². The zero-order valence-electron chi connectivity index (χ0n) is 13.0. The largest absolute Gasteiger partial charge is 0.435 e. The minimum absolute atomic E-state index is 0.124. The van der Waals surface area contributed by atoms with Crippen LogP contribution in [0.15, 0.2) is 29.4 Å². The van der Waals surface area contributed by atoms with Crippen LogP contribution in [0, 0.1) is 0 Å². The first kappa shape index (κ1) is 17.6. The van der Waals surface area contributed by atoms with Crippen molar-refractivity contribution < 1.29 is 13.5 Å². The molecule has 0 aliphatic heterocycles. The van der Waals surface area contributed by atoms with Gasteiger partial charge in [0, 0.05) is 6.04 Å². The maximum Gasteiger partial charge on any atom is 0.387 e. The Morgan fingerprint density at radius 3 is 2.48 bits per heavy atom. The van der Waals surface area contributed by atoms with Crippen molar-refractivity contribution in [2.45, 2.75) is 51.7 Å². The van der Waals surface area contributed by atoms with Crippen LogP contribution >= 0.6 is 12.2 Å². The molecule has 0 saturated heterocycles. The van der Waals surface area contributed by atoms with Crippen LogP contribution in [0.1, 0.15) is 44.6 Å². The summed E-state index contributed by atoms with van der Waals surface area (Å²) >= 11 is 5.24. The van der Waals surface area contributed by atoms with Gasteiger partial charge in [-0.3, -0.25) is 5.43 Å². The zero-order chi connectivity index (χ0) is 16.7. The number of hydrogen-bond acceptors (Lipinski definition) is 3. The topological polar surface area (TPSA) is 45.7 Å². The van der Waals surface area contributed by atoms with E-state index in [2.05, 4.69) is 20.6 Å². The van der Waals surface area contributed by atoms with Gasteiger partial charge in [-0.1, -0.05) is 19.3 Å². The third-order valence-electron chi connectivity index (χ3n) is 3.76. The van der Waals surface area contributed by atoms with Crippen LogP contribution in [0.3, 0.4) is 0 Å². The SMILES string of the molecule is C/C(=N\NC(=S)NC1CCCCC1)c1ccc(OC(F)F)cc1. The summed E-state index contributed by atoms with van der Waals surface area (Å²) in [5.74, 6) is 0.124. The van der Waals surface area contributed by atoms with Crippen LogP contribution in [0.2, 0.25) is 0 Å². The average Bonchev–Trinajstić information content (AvgIpc) is 2.54. The summed E-state index contributed by atoms with van der Waals surface area (Å²) in [5.41, 5.74) is 4.35. The number of benzene rings is 1. The molecule has 1 fully saturated rings. The fourth-order valence-electron chi connectivity index (χ4n) is 2.54. The number of ether oxygens (including phenoxy) is 1. The van der Waals surface area contributed by atoms with Crippen molar-refractivity contribution in [1.82, 2.24) is 10.7 Å². The lowest BCUT2D eigenvalue weighted by Crippen LogP contribution is -2.41. The highest BCUT2D eigenvalue weighted by Gasteiger charge is 2.13. The molecule has 0 unspecified atom stereocenters. The van der Waals surface area contributed by atoms with Gasteiger partial charge < -0.3 is 10.1 Å². The maximum absolute atomic E-state index is 12.1. The molecule has 1 aromatic rings. The number of alkyl halides is 2. The third kappa shape index (κ3) is 6.09. The Hall–Kier alpha value is -1.76. The highest BCUT2D eigenvalue weighted by atomic mass is 32.1. The molecule has 0 heterocycles. The highest BCUT2D eigenvalue weighted by molar-refractivity contribution is 7.80. The number of hydrazone groups is 1. The first-order chi connectivity index (χ1) is 11.0. The fraction of sp³-hybridized carbons (Fsp3) is 0.500. The van der Waals surface area contributed by atoms with E-state index >= 15 is 0 Å². The van der Waals surface area contributed by atoms with Gasteiger partial charge in [-0.05, 0) is 61.8 Å². The number of thiocarbonyl (C=S) groups is 1. The molecule has 1 aliphatic carbocycles. The summed E-state index contributed by atoms with van der Waals surface area (Å²) in [6.45, 7) is -1.00. The smallest absolute Gasteiger partial charge is 0.387 e. The van der Waals surface area contributed by atoms with Gasteiger partial charge in [-0.25, -0.2) is 0 Å². The van der Waals surface area contributed by atoms with Crippen LogP contribution < -0.4 is 15.5 Å². The number of nitrogens with zero attached hydrogens (tertiary/aromatic N) is 1. The molecule has 7 heteroatoms. The molecule has 2 rings (SSSR count). The minimum Gasteiger partial charge on any atom is -0.435 e. The quantitative estimate of drug-likeness (QED) is 0.486. The van der Waals surface area contributed by atoms with Gasteiger partial charge in [0.15, 0.2) is 5.11 Å². The van der Waals surface area contributed by atoms with Crippen molar-refractivity contribution in [3.8, 4) is 5.75 Å². The summed E-state index contributed by atoms with van der Waals surface area (Å²) in [4.78, 5) is 0. The van der Waals surface area contributed by atoms with Gasteiger partial charge >= 0.3 is 6.61 Å². The molecule has 0 amide bonds. The van der Waals surface area contributed by atoms with E-state index < -0.39 is 6.61 Å². The van der Waals surface area contributed by atoms with Crippen LogP contribution in [-0.4, -0.2) is 23.5 Å². The summed E-state index contributed by atoms with van der Waals surface area (Å²) < 4.78 is 28.5. The van der Waals surface area contributed by atoms with Crippen LogP contribution in [0.5, 0.6) is 5.75 Å². The Morgan fingerprint density at radius 1 is 1.22 bits per heavy atom. The lowest BCUT2D eigenvalue weighted by Gasteiger charge is -2.23. The van der Waals surface area contributed by atoms with E-state index in [1.165, 1.54) is 31.4 Å². The van der Waals surface area contributed by atoms with Gasteiger partial charge in [0.2, 0.25) is 0 Å². The molecular formula is C16H21F2N3OS. The number of nitrogens with one attached hydrogen (secondary N) is 2. The lowest BCUT2D eigenvalue weighted by molar-refractivity contribution is -0.0498. The van der Waals surface area contributed by atoms with Crippen molar-refractivity contribution in [3.05, 3.63) is 29.8 Å². The van der Waals surface area contributed by atoms with Crippen molar-refractivity contribution >= 4 is 23.0 Å². The predicted octanol–water partition coefficient (Wildman–Crippen LogP) is 3.81. The molecule has 4 nitrogen and oxygen atoms in total. The Labute approximate surface area is 140 Å². The Morgan fingerprint density at radius 2 is 1.87 bits per heavy atom. The van der Waals surface area contributed by atoms with Crippen LogP contribution in [0.4, 0.5) is 8.78 Å². The molecule has 0 atom stereocenters. The van der Waals surface area contributed by atoms with Crippen molar-refractivity contribution in [1.29, 1.82) is 0 Å². The molecule has 1 saturated carbocycles. The molecule has 0 spiro atoms. The van der Waals surface area contributed by atoms with E-state index in [1.54, 1.807) is 12.1 Å². The van der Waals surface area contributed by atoms with Gasteiger partial charge in [0.05, 0.1) is 5.71 Å².